The van der Waals surface area contributed by atoms with Gasteiger partial charge in [0.05, 0.1) is 4.75 Å². The highest BCUT2D eigenvalue weighted by molar-refractivity contribution is 7.93. The molecular weight excluding hydrogens is 332 g/mol. The number of benzene rings is 1. The van der Waals surface area contributed by atoms with Crippen molar-refractivity contribution >= 4 is 38.3 Å². The van der Waals surface area contributed by atoms with Gasteiger partial charge in [0.1, 0.15) is 12.3 Å². The van der Waals surface area contributed by atoms with Crippen LogP contribution in [0.3, 0.4) is 0 Å². The van der Waals surface area contributed by atoms with Crippen LogP contribution in [0.2, 0.25) is 0 Å². The summed E-state index contributed by atoms with van der Waals surface area (Å²) >= 11 is 0. The molecule has 2 rings (SSSR count). The molecule has 1 aromatic heterocycles. The number of rotatable bonds is 5. The topological polar surface area (TPSA) is 105 Å². The van der Waals surface area contributed by atoms with E-state index in [1.807, 2.05) is 0 Å². The summed E-state index contributed by atoms with van der Waals surface area (Å²) in [6.45, 7) is 4.49. The lowest BCUT2D eigenvalue weighted by molar-refractivity contribution is -0.137. The van der Waals surface area contributed by atoms with Crippen molar-refractivity contribution < 1.29 is 23.1 Å². The minimum absolute atomic E-state index is 0.154. The first-order valence-electron chi connectivity index (χ1n) is 7.32. The summed E-state index contributed by atoms with van der Waals surface area (Å²) in [5.41, 5.74) is 1.18. The van der Waals surface area contributed by atoms with Gasteiger partial charge >= 0.3 is 5.97 Å². The van der Waals surface area contributed by atoms with E-state index in [1.54, 1.807) is 55.8 Å². The molecule has 0 saturated carbocycles. The Morgan fingerprint density at radius 3 is 2.46 bits per heavy atom. The summed E-state index contributed by atoms with van der Waals surface area (Å²) in [5.74, 6) is -2.14. The van der Waals surface area contributed by atoms with E-state index in [-0.39, 0.29) is 6.54 Å². The Balaban J connectivity index is 2.16. The van der Waals surface area contributed by atoms with Crippen LogP contribution in [0.25, 0.3) is 10.9 Å². The predicted octanol–water partition coefficient (Wildman–Crippen LogP) is 1.88. The van der Waals surface area contributed by atoms with E-state index in [9.17, 15) is 18.0 Å². The van der Waals surface area contributed by atoms with Gasteiger partial charge in [0.25, 0.3) is 0 Å². The Bertz CT molecular complexity index is 891. The number of aliphatic carboxylic acids is 1. The van der Waals surface area contributed by atoms with Crippen LogP contribution in [0, 0.1) is 0 Å². The maximum Gasteiger partial charge on any atom is 0.323 e. The van der Waals surface area contributed by atoms with E-state index in [4.69, 9.17) is 5.11 Å². The van der Waals surface area contributed by atoms with Crippen molar-refractivity contribution in [2.45, 2.75) is 32.1 Å². The Hall–Kier alpha value is -2.35. The van der Waals surface area contributed by atoms with Crippen LogP contribution >= 0.6 is 0 Å². The lowest BCUT2D eigenvalue weighted by Gasteiger charge is -2.18. The molecule has 2 N–H and O–H groups in total. The van der Waals surface area contributed by atoms with Crippen molar-refractivity contribution in [1.29, 1.82) is 0 Å². The summed E-state index contributed by atoms with van der Waals surface area (Å²) in [4.78, 5) is 22.8. The fourth-order valence-electron chi connectivity index (χ4n) is 2.15. The van der Waals surface area contributed by atoms with E-state index in [1.165, 1.54) is 0 Å². The van der Waals surface area contributed by atoms with Crippen molar-refractivity contribution in [3.05, 3.63) is 30.5 Å². The molecule has 1 amide bonds. The second kappa shape index (κ2) is 6.27. The molecule has 0 aliphatic carbocycles. The van der Waals surface area contributed by atoms with Crippen molar-refractivity contribution in [3.63, 3.8) is 0 Å². The number of carboxylic acid groups (broad SMARTS) is 1. The van der Waals surface area contributed by atoms with Gasteiger partial charge in [-0.2, -0.15) is 0 Å². The second-order valence-electron chi connectivity index (χ2n) is 6.53. The summed E-state index contributed by atoms with van der Waals surface area (Å²) in [6.07, 6.45) is 1.65. The molecule has 130 valence electrons. The normalized spacial score (nSPS) is 12.3. The maximum absolute atomic E-state index is 12.1. The molecule has 0 saturated heterocycles. The maximum atomic E-state index is 12.1. The molecule has 24 heavy (non-hydrogen) atoms. The predicted molar refractivity (Wildman–Crippen MR) is 91.7 cm³/mol. The number of nitrogens with zero attached hydrogens (tertiary/aromatic N) is 1. The highest BCUT2D eigenvalue weighted by atomic mass is 32.2. The minimum atomic E-state index is -3.55. The number of nitrogens with one attached hydrogen (secondary N) is 1. The number of hydrogen-bond donors (Lipinski definition) is 2. The molecule has 0 spiro atoms. The Morgan fingerprint density at radius 1 is 1.21 bits per heavy atom. The second-order valence-corrected chi connectivity index (χ2v) is 9.27. The van der Waals surface area contributed by atoms with E-state index >= 15 is 0 Å². The highest BCUT2D eigenvalue weighted by Gasteiger charge is 2.31. The number of aromatic nitrogens is 1. The summed E-state index contributed by atoms with van der Waals surface area (Å²) in [7, 11) is -3.55. The molecule has 1 aromatic carbocycles. The van der Waals surface area contributed by atoms with Crippen LogP contribution in [-0.4, -0.2) is 40.5 Å². The molecule has 0 unspecified atom stereocenters. The number of sulfone groups is 1. The fraction of sp³-hybridized carbons (Fsp3) is 0.375. The first-order valence-corrected chi connectivity index (χ1v) is 8.98. The number of carbonyl (C=O) groups is 2. The third-order valence-electron chi connectivity index (χ3n) is 3.61. The molecule has 0 fully saturated rings. The van der Waals surface area contributed by atoms with E-state index in [0.29, 0.717) is 5.69 Å². The first-order chi connectivity index (χ1) is 11.0. The largest absolute Gasteiger partial charge is 0.480 e. The van der Waals surface area contributed by atoms with Crippen LogP contribution in [0.15, 0.2) is 30.5 Å². The molecule has 7 nitrogen and oxygen atoms in total. The Morgan fingerprint density at radius 2 is 1.88 bits per heavy atom. The van der Waals surface area contributed by atoms with Gasteiger partial charge in [0, 0.05) is 22.8 Å². The molecule has 0 radical (unpaired) electrons. The van der Waals surface area contributed by atoms with Gasteiger partial charge in [-0.3, -0.25) is 9.59 Å². The zero-order valence-corrected chi connectivity index (χ0v) is 14.6. The van der Waals surface area contributed by atoms with E-state index in [0.717, 1.165) is 10.9 Å². The molecule has 0 aliphatic heterocycles. The average Bonchev–Trinajstić information content (AvgIpc) is 2.78. The number of hydrogen-bond acceptors (Lipinski definition) is 4. The van der Waals surface area contributed by atoms with Gasteiger partial charge in [-0.25, -0.2) is 8.42 Å². The number of carboxylic acids is 1. The molecule has 0 aliphatic rings. The molecule has 2 aromatic rings. The van der Waals surface area contributed by atoms with E-state index < -0.39 is 32.2 Å². The Kier molecular flexibility index (Phi) is 4.70. The van der Waals surface area contributed by atoms with Crippen LogP contribution in [0.1, 0.15) is 20.8 Å². The first kappa shape index (κ1) is 18.0. The smallest absolute Gasteiger partial charge is 0.323 e. The van der Waals surface area contributed by atoms with E-state index in [2.05, 4.69) is 5.32 Å². The minimum Gasteiger partial charge on any atom is -0.480 e. The zero-order chi connectivity index (χ0) is 18.1. The highest BCUT2D eigenvalue weighted by Crippen LogP contribution is 2.21. The number of fused-ring (bicyclic) bond motifs is 1. The van der Waals surface area contributed by atoms with Gasteiger partial charge < -0.3 is 15.0 Å². The lowest BCUT2D eigenvalue weighted by atomic mass is 10.2. The zero-order valence-electron chi connectivity index (χ0n) is 13.7. The van der Waals surface area contributed by atoms with Crippen LogP contribution < -0.4 is 5.32 Å². The summed E-state index contributed by atoms with van der Waals surface area (Å²) in [6, 6.07) is 6.71. The third kappa shape index (κ3) is 3.94. The van der Waals surface area contributed by atoms with Gasteiger partial charge in [-0.05, 0) is 45.0 Å². The summed E-state index contributed by atoms with van der Waals surface area (Å²) < 4.78 is 24.7. The Labute approximate surface area is 140 Å². The third-order valence-corrected chi connectivity index (χ3v) is 6.12. The molecule has 0 bridgehead atoms. The molecule has 1 heterocycles. The van der Waals surface area contributed by atoms with Crippen molar-refractivity contribution in [2.24, 2.45) is 0 Å². The van der Waals surface area contributed by atoms with Crippen LogP contribution in [0.5, 0.6) is 0 Å². The van der Waals surface area contributed by atoms with Crippen LogP contribution in [0.4, 0.5) is 5.69 Å². The molecule has 8 heteroatoms. The molecular formula is C16H20N2O5S. The number of amides is 1. The molecule has 0 atom stereocenters. The van der Waals surface area contributed by atoms with Crippen molar-refractivity contribution in [1.82, 2.24) is 4.57 Å². The lowest BCUT2D eigenvalue weighted by Crippen LogP contribution is -2.35. The SMILES string of the molecule is CC(C)(C)S(=O)(=O)CC(=O)Nc1ccc2c(ccn2CC(=O)O)c1. The monoisotopic (exact) mass is 352 g/mol. The van der Waals surface area contributed by atoms with Gasteiger partial charge in [-0.15, -0.1) is 0 Å². The van der Waals surface area contributed by atoms with Crippen LogP contribution in [-0.2, 0) is 26.0 Å². The summed E-state index contributed by atoms with van der Waals surface area (Å²) in [5, 5.41) is 12.2. The number of anilines is 1. The van der Waals surface area contributed by atoms with Gasteiger partial charge in [-0.1, -0.05) is 0 Å². The van der Waals surface area contributed by atoms with Gasteiger partial charge in [0.15, 0.2) is 9.84 Å². The standard InChI is InChI=1S/C16H20N2O5S/c1-16(2,3)24(22,23)10-14(19)17-12-4-5-13-11(8-12)6-7-18(13)9-15(20)21/h4-8H,9-10H2,1-3H3,(H,17,19)(H,20,21). The van der Waals surface area contributed by atoms with Crippen molar-refractivity contribution in [3.8, 4) is 0 Å². The number of carbonyl (C=O) groups excluding carboxylic acids is 1. The quantitative estimate of drug-likeness (QED) is 0.855. The average molecular weight is 352 g/mol. The van der Waals surface area contributed by atoms with Gasteiger partial charge in [0.2, 0.25) is 5.91 Å². The fourth-order valence-corrected chi connectivity index (χ4v) is 3.00. The van der Waals surface area contributed by atoms with Crippen molar-refractivity contribution in [2.75, 3.05) is 11.1 Å².